The molecule has 0 aliphatic carbocycles. The topological polar surface area (TPSA) is 69.4 Å². The molecule has 0 heterocycles. The molecule has 4 heteroatoms. The molecule has 0 saturated heterocycles. The Labute approximate surface area is 78.1 Å². The molecule has 0 atom stereocenters. The molecular weight excluding hydrogens is 170 g/mol. The van der Waals surface area contributed by atoms with Gasteiger partial charge in [0.25, 0.3) is 0 Å². The van der Waals surface area contributed by atoms with E-state index in [0.29, 0.717) is 12.2 Å². The summed E-state index contributed by atoms with van der Waals surface area (Å²) in [5.74, 6) is -0.794. The molecule has 0 unspecified atom stereocenters. The van der Waals surface area contributed by atoms with Gasteiger partial charge in [-0.1, -0.05) is 13.2 Å². The van der Waals surface area contributed by atoms with E-state index in [-0.39, 0.29) is 5.97 Å². The van der Waals surface area contributed by atoms with E-state index in [1.54, 1.807) is 13.8 Å². The van der Waals surface area contributed by atoms with Crippen LogP contribution in [-0.2, 0) is 14.3 Å². The lowest BCUT2D eigenvalue weighted by atomic mass is 10.3. The quantitative estimate of drug-likeness (QED) is 0.522. The number of primary amides is 1. The second-order valence-corrected chi connectivity index (χ2v) is 2.10. The predicted molar refractivity (Wildman–Crippen MR) is 50.8 cm³/mol. The van der Waals surface area contributed by atoms with E-state index in [1.165, 1.54) is 0 Å². The van der Waals surface area contributed by atoms with Crippen LogP contribution in [0.15, 0.2) is 24.8 Å². The maximum absolute atomic E-state index is 10.1. The fourth-order valence-corrected chi connectivity index (χ4v) is 0.201. The summed E-state index contributed by atoms with van der Waals surface area (Å²) in [6.07, 6.45) is 1.14. The summed E-state index contributed by atoms with van der Waals surface area (Å²) < 4.78 is 4.43. The van der Waals surface area contributed by atoms with Crippen molar-refractivity contribution in [3.05, 3.63) is 24.8 Å². The van der Waals surface area contributed by atoms with E-state index in [1.807, 2.05) is 0 Å². The molecular formula is C9H15NO3. The summed E-state index contributed by atoms with van der Waals surface area (Å²) >= 11 is 0. The standard InChI is InChI=1S/C5H8O2.C4H7NO/c1-3-5(6)7-4-2;1-3(2)4(5)6/h3H,1,4H2,2H3;1H2,2H3,(H2,5,6). The molecule has 1 amide bonds. The van der Waals surface area contributed by atoms with Crippen LogP contribution in [0.1, 0.15) is 13.8 Å². The molecule has 2 N–H and O–H groups in total. The number of carbonyl (C=O) groups is 2. The van der Waals surface area contributed by atoms with E-state index in [2.05, 4.69) is 17.9 Å². The van der Waals surface area contributed by atoms with Crippen molar-refractivity contribution in [2.24, 2.45) is 5.73 Å². The smallest absolute Gasteiger partial charge is 0.330 e. The average molecular weight is 185 g/mol. The molecule has 13 heavy (non-hydrogen) atoms. The van der Waals surface area contributed by atoms with E-state index in [4.69, 9.17) is 5.73 Å². The van der Waals surface area contributed by atoms with Gasteiger partial charge in [0.15, 0.2) is 0 Å². The molecule has 0 aromatic heterocycles. The lowest BCUT2D eigenvalue weighted by molar-refractivity contribution is -0.137. The van der Waals surface area contributed by atoms with Crippen LogP contribution in [0, 0.1) is 0 Å². The van der Waals surface area contributed by atoms with Crippen molar-refractivity contribution in [2.45, 2.75) is 13.8 Å². The summed E-state index contributed by atoms with van der Waals surface area (Å²) in [5, 5.41) is 0. The molecule has 74 valence electrons. The SMILES string of the molecule is C=C(C)C(N)=O.C=CC(=O)OCC. The summed E-state index contributed by atoms with van der Waals surface area (Å²) in [7, 11) is 0. The lowest BCUT2D eigenvalue weighted by Gasteiger charge is -1.90. The molecule has 0 aliphatic heterocycles. The van der Waals surface area contributed by atoms with Gasteiger partial charge in [-0.25, -0.2) is 4.79 Å². The van der Waals surface area contributed by atoms with Crippen LogP contribution in [0.2, 0.25) is 0 Å². The minimum Gasteiger partial charge on any atom is -0.463 e. The fourth-order valence-electron chi connectivity index (χ4n) is 0.201. The molecule has 0 aromatic rings. The zero-order chi connectivity index (χ0) is 10.9. The maximum Gasteiger partial charge on any atom is 0.330 e. The van der Waals surface area contributed by atoms with Crippen molar-refractivity contribution in [1.82, 2.24) is 0 Å². The van der Waals surface area contributed by atoms with E-state index in [9.17, 15) is 9.59 Å². The average Bonchev–Trinajstić information content (AvgIpc) is 2.05. The highest BCUT2D eigenvalue weighted by Crippen LogP contribution is 1.78. The first-order valence-electron chi connectivity index (χ1n) is 3.70. The Bertz CT molecular complexity index is 197. The predicted octanol–water partition coefficient (Wildman–Crippen LogP) is 0.783. The normalized spacial score (nSPS) is 7.54. The fraction of sp³-hybridized carbons (Fsp3) is 0.333. The highest BCUT2D eigenvalue weighted by atomic mass is 16.5. The maximum atomic E-state index is 10.1. The first-order valence-corrected chi connectivity index (χ1v) is 3.70. The van der Waals surface area contributed by atoms with Crippen molar-refractivity contribution in [1.29, 1.82) is 0 Å². The van der Waals surface area contributed by atoms with Crippen LogP contribution >= 0.6 is 0 Å². The number of amides is 1. The van der Waals surface area contributed by atoms with E-state index in [0.717, 1.165) is 6.08 Å². The minimum atomic E-state index is -0.435. The summed E-state index contributed by atoms with van der Waals surface area (Å²) in [4.78, 5) is 19.9. The lowest BCUT2D eigenvalue weighted by Crippen LogP contribution is -2.10. The minimum absolute atomic E-state index is 0.359. The van der Waals surface area contributed by atoms with E-state index >= 15 is 0 Å². The molecule has 0 aromatic carbocycles. The molecule has 0 bridgehead atoms. The van der Waals surface area contributed by atoms with Crippen molar-refractivity contribution in [2.75, 3.05) is 6.61 Å². The molecule has 4 nitrogen and oxygen atoms in total. The third kappa shape index (κ3) is 13.4. The first-order chi connectivity index (χ1) is 5.95. The number of hydrogen-bond donors (Lipinski definition) is 1. The van der Waals surface area contributed by atoms with Crippen molar-refractivity contribution >= 4 is 11.9 Å². The molecule has 0 saturated carbocycles. The second kappa shape index (κ2) is 8.52. The summed E-state index contributed by atoms with van der Waals surface area (Å²) in [6, 6.07) is 0. The Kier molecular flexibility index (Phi) is 9.15. The van der Waals surface area contributed by atoms with Gasteiger partial charge in [-0.15, -0.1) is 0 Å². The number of ether oxygens (including phenoxy) is 1. The Hall–Kier alpha value is -1.58. The first kappa shape index (κ1) is 14.0. The van der Waals surface area contributed by atoms with Gasteiger partial charge in [0.2, 0.25) is 5.91 Å². The van der Waals surface area contributed by atoms with Crippen LogP contribution < -0.4 is 5.73 Å². The number of carbonyl (C=O) groups excluding carboxylic acids is 2. The second-order valence-electron chi connectivity index (χ2n) is 2.10. The number of esters is 1. The van der Waals surface area contributed by atoms with Gasteiger partial charge in [0, 0.05) is 11.6 Å². The number of rotatable bonds is 3. The van der Waals surface area contributed by atoms with Crippen molar-refractivity contribution in [3.8, 4) is 0 Å². The van der Waals surface area contributed by atoms with Gasteiger partial charge in [-0.3, -0.25) is 4.79 Å². The highest BCUT2D eigenvalue weighted by molar-refractivity contribution is 5.90. The Morgan fingerprint density at radius 1 is 1.54 bits per heavy atom. The van der Waals surface area contributed by atoms with Gasteiger partial charge in [0.05, 0.1) is 6.61 Å². The van der Waals surface area contributed by atoms with Crippen LogP contribution in [-0.4, -0.2) is 18.5 Å². The van der Waals surface area contributed by atoms with Gasteiger partial charge < -0.3 is 10.5 Å². The Morgan fingerprint density at radius 3 is 2.00 bits per heavy atom. The molecule has 0 aliphatic rings. The van der Waals surface area contributed by atoms with Crippen LogP contribution in [0.25, 0.3) is 0 Å². The summed E-state index contributed by atoms with van der Waals surface area (Å²) in [5.41, 5.74) is 5.09. The van der Waals surface area contributed by atoms with Gasteiger partial charge >= 0.3 is 5.97 Å². The highest BCUT2D eigenvalue weighted by Gasteiger charge is 1.87. The molecule has 0 radical (unpaired) electrons. The molecule has 0 rings (SSSR count). The van der Waals surface area contributed by atoms with Gasteiger partial charge in [-0.2, -0.15) is 0 Å². The third-order valence-electron chi connectivity index (χ3n) is 0.874. The molecule has 0 fully saturated rings. The zero-order valence-corrected chi connectivity index (χ0v) is 8.00. The van der Waals surface area contributed by atoms with Crippen molar-refractivity contribution in [3.63, 3.8) is 0 Å². The molecule has 0 spiro atoms. The Balaban J connectivity index is 0. The van der Waals surface area contributed by atoms with Crippen molar-refractivity contribution < 1.29 is 14.3 Å². The zero-order valence-electron chi connectivity index (χ0n) is 8.00. The van der Waals surface area contributed by atoms with Crippen LogP contribution in [0.4, 0.5) is 0 Å². The third-order valence-corrected chi connectivity index (χ3v) is 0.874. The largest absolute Gasteiger partial charge is 0.463 e. The monoisotopic (exact) mass is 185 g/mol. The van der Waals surface area contributed by atoms with Gasteiger partial charge in [0.1, 0.15) is 0 Å². The van der Waals surface area contributed by atoms with Crippen LogP contribution in [0.3, 0.4) is 0 Å². The number of nitrogens with two attached hydrogens (primary N) is 1. The summed E-state index contributed by atoms with van der Waals surface area (Å²) in [6.45, 7) is 10.2. The van der Waals surface area contributed by atoms with Crippen LogP contribution in [0.5, 0.6) is 0 Å². The Morgan fingerprint density at radius 2 is 1.92 bits per heavy atom. The number of hydrogen-bond acceptors (Lipinski definition) is 3. The van der Waals surface area contributed by atoms with E-state index < -0.39 is 5.91 Å². The van der Waals surface area contributed by atoms with Gasteiger partial charge in [-0.05, 0) is 13.8 Å².